The standard InChI is InChI=1S/C21H31N5O/c1-3-4-8-20-22-12-16(23-20)13-26-10-9-19-18(14-26)21(25-24-19)15-6-5-7-17(11-15)27-2/h5-7,11-12,18-19,21,24-25H,3-4,8-10,13-14H2,1-2H3,(H,22,23). The molecule has 6 heteroatoms. The summed E-state index contributed by atoms with van der Waals surface area (Å²) in [7, 11) is 1.73. The summed E-state index contributed by atoms with van der Waals surface area (Å²) in [6.07, 6.45) is 6.63. The number of hydrogen-bond acceptors (Lipinski definition) is 5. The number of aromatic nitrogens is 2. The second kappa shape index (κ2) is 8.42. The smallest absolute Gasteiger partial charge is 0.119 e. The third kappa shape index (κ3) is 4.18. The molecule has 3 atom stereocenters. The molecule has 2 aromatic rings. The number of benzene rings is 1. The van der Waals surface area contributed by atoms with E-state index < -0.39 is 0 Å². The number of hydrazine groups is 1. The maximum Gasteiger partial charge on any atom is 0.119 e. The van der Waals surface area contributed by atoms with Gasteiger partial charge in [0.25, 0.3) is 0 Å². The van der Waals surface area contributed by atoms with E-state index in [1.54, 1.807) is 7.11 Å². The van der Waals surface area contributed by atoms with Crippen LogP contribution in [0.4, 0.5) is 0 Å². The Hall–Kier alpha value is -1.89. The third-order valence-electron chi connectivity index (χ3n) is 5.89. The number of rotatable bonds is 7. The van der Waals surface area contributed by atoms with Gasteiger partial charge < -0.3 is 9.72 Å². The van der Waals surface area contributed by atoms with E-state index in [1.165, 1.54) is 24.1 Å². The Balaban J connectivity index is 1.41. The summed E-state index contributed by atoms with van der Waals surface area (Å²) < 4.78 is 5.41. The van der Waals surface area contributed by atoms with E-state index in [1.807, 2.05) is 12.3 Å². The summed E-state index contributed by atoms with van der Waals surface area (Å²) in [4.78, 5) is 10.6. The normalized spacial score (nSPS) is 25.5. The quantitative estimate of drug-likeness (QED) is 0.700. The van der Waals surface area contributed by atoms with Crippen molar-refractivity contribution in [1.82, 2.24) is 25.7 Å². The molecule has 2 aliphatic rings. The molecule has 0 spiro atoms. The number of nitrogens with one attached hydrogen (secondary N) is 3. The van der Waals surface area contributed by atoms with E-state index in [4.69, 9.17) is 4.74 Å². The molecule has 2 aliphatic heterocycles. The summed E-state index contributed by atoms with van der Waals surface area (Å²) in [5, 5.41) is 0. The Morgan fingerprint density at radius 1 is 1.30 bits per heavy atom. The van der Waals surface area contributed by atoms with Gasteiger partial charge in [-0.2, -0.15) is 0 Å². The predicted octanol–water partition coefficient (Wildman–Crippen LogP) is 2.80. The molecule has 6 nitrogen and oxygen atoms in total. The van der Waals surface area contributed by atoms with Crippen molar-refractivity contribution in [2.75, 3.05) is 20.2 Å². The molecule has 2 saturated heterocycles. The molecule has 0 saturated carbocycles. The minimum Gasteiger partial charge on any atom is -0.497 e. The van der Waals surface area contributed by atoms with Crippen LogP contribution in [0.1, 0.15) is 49.3 Å². The fraction of sp³-hybridized carbons (Fsp3) is 0.571. The molecule has 0 amide bonds. The van der Waals surface area contributed by atoms with Crippen molar-refractivity contribution < 1.29 is 4.74 Å². The lowest BCUT2D eigenvalue weighted by Crippen LogP contribution is -2.45. The maximum atomic E-state index is 5.41. The highest BCUT2D eigenvalue weighted by Crippen LogP contribution is 2.35. The zero-order valence-corrected chi connectivity index (χ0v) is 16.4. The summed E-state index contributed by atoms with van der Waals surface area (Å²) >= 11 is 0. The first-order chi connectivity index (χ1) is 13.3. The molecule has 1 aromatic carbocycles. The molecule has 146 valence electrons. The number of ether oxygens (including phenoxy) is 1. The SMILES string of the molecule is CCCCc1ncc(CN2CCC3NNC(c4cccc(OC)c4)C3C2)[nH]1. The van der Waals surface area contributed by atoms with Gasteiger partial charge in [0, 0.05) is 49.9 Å². The molecule has 27 heavy (non-hydrogen) atoms. The van der Waals surface area contributed by atoms with Gasteiger partial charge in [0.1, 0.15) is 11.6 Å². The van der Waals surface area contributed by atoms with Gasteiger partial charge in [-0.3, -0.25) is 10.3 Å². The van der Waals surface area contributed by atoms with E-state index in [2.05, 4.69) is 50.8 Å². The third-order valence-corrected chi connectivity index (χ3v) is 5.89. The molecule has 1 aromatic heterocycles. The van der Waals surface area contributed by atoms with Crippen LogP contribution in [0.15, 0.2) is 30.5 Å². The van der Waals surface area contributed by atoms with Gasteiger partial charge in [-0.25, -0.2) is 10.4 Å². The minimum atomic E-state index is 0.315. The van der Waals surface area contributed by atoms with Crippen molar-refractivity contribution in [3.8, 4) is 5.75 Å². The van der Waals surface area contributed by atoms with Crippen LogP contribution in [0.3, 0.4) is 0 Å². The van der Waals surface area contributed by atoms with Crippen molar-refractivity contribution in [3.05, 3.63) is 47.5 Å². The van der Waals surface area contributed by atoms with Gasteiger partial charge in [-0.05, 0) is 30.5 Å². The van der Waals surface area contributed by atoms with Crippen molar-refractivity contribution in [3.63, 3.8) is 0 Å². The first-order valence-corrected chi connectivity index (χ1v) is 10.2. The van der Waals surface area contributed by atoms with Crippen molar-refractivity contribution >= 4 is 0 Å². The monoisotopic (exact) mass is 369 g/mol. The number of imidazole rings is 1. The molecule has 0 radical (unpaired) electrons. The van der Waals surface area contributed by atoms with Crippen LogP contribution < -0.4 is 15.6 Å². The Bertz CT molecular complexity index is 746. The average Bonchev–Trinajstić information content (AvgIpc) is 3.33. The lowest BCUT2D eigenvalue weighted by molar-refractivity contribution is 0.147. The van der Waals surface area contributed by atoms with Crippen LogP contribution in [0, 0.1) is 5.92 Å². The Labute approximate surface area is 161 Å². The summed E-state index contributed by atoms with van der Waals surface area (Å²) in [5.41, 5.74) is 9.57. The van der Waals surface area contributed by atoms with E-state index >= 15 is 0 Å². The highest BCUT2D eigenvalue weighted by Gasteiger charge is 2.40. The number of hydrogen-bond donors (Lipinski definition) is 3. The zero-order chi connectivity index (χ0) is 18.6. The number of nitrogens with zero attached hydrogens (tertiary/aromatic N) is 2. The Morgan fingerprint density at radius 3 is 3.07 bits per heavy atom. The summed E-state index contributed by atoms with van der Waals surface area (Å²) in [6, 6.07) is 9.26. The van der Waals surface area contributed by atoms with Gasteiger partial charge in [-0.15, -0.1) is 0 Å². The molecule has 0 aliphatic carbocycles. The molecular weight excluding hydrogens is 338 g/mol. The van der Waals surface area contributed by atoms with Gasteiger partial charge in [0.05, 0.1) is 13.2 Å². The molecule has 4 rings (SSSR count). The fourth-order valence-corrected chi connectivity index (χ4v) is 4.38. The lowest BCUT2D eigenvalue weighted by atomic mass is 9.85. The number of piperidine rings is 1. The lowest BCUT2D eigenvalue weighted by Gasteiger charge is -2.36. The number of aromatic amines is 1. The van der Waals surface area contributed by atoms with Gasteiger partial charge in [0.15, 0.2) is 0 Å². The molecule has 2 fully saturated rings. The van der Waals surface area contributed by atoms with Crippen LogP contribution in [0.2, 0.25) is 0 Å². The van der Waals surface area contributed by atoms with Crippen molar-refractivity contribution in [1.29, 1.82) is 0 Å². The topological polar surface area (TPSA) is 65.2 Å². The van der Waals surface area contributed by atoms with Gasteiger partial charge >= 0.3 is 0 Å². The minimum absolute atomic E-state index is 0.315. The number of likely N-dealkylation sites (tertiary alicyclic amines) is 1. The van der Waals surface area contributed by atoms with Crippen LogP contribution >= 0.6 is 0 Å². The number of fused-ring (bicyclic) bond motifs is 1. The highest BCUT2D eigenvalue weighted by molar-refractivity contribution is 5.32. The second-order valence-corrected chi connectivity index (χ2v) is 7.80. The number of aryl methyl sites for hydroxylation is 1. The molecule has 3 heterocycles. The number of H-pyrrole nitrogens is 1. The first-order valence-electron chi connectivity index (χ1n) is 10.2. The zero-order valence-electron chi connectivity index (χ0n) is 16.4. The summed E-state index contributed by atoms with van der Waals surface area (Å²) in [5.74, 6) is 2.59. The largest absolute Gasteiger partial charge is 0.497 e. The number of methoxy groups -OCH3 is 1. The predicted molar refractivity (Wildman–Crippen MR) is 106 cm³/mol. The van der Waals surface area contributed by atoms with Gasteiger partial charge in [-0.1, -0.05) is 25.5 Å². The van der Waals surface area contributed by atoms with Crippen LogP contribution in [0.25, 0.3) is 0 Å². The second-order valence-electron chi connectivity index (χ2n) is 7.80. The number of unbranched alkanes of at least 4 members (excludes halogenated alkanes) is 1. The van der Waals surface area contributed by atoms with E-state index in [9.17, 15) is 0 Å². The fourth-order valence-electron chi connectivity index (χ4n) is 4.38. The highest BCUT2D eigenvalue weighted by atomic mass is 16.5. The molecule has 3 unspecified atom stereocenters. The molecule has 0 bridgehead atoms. The molecular formula is C21H31N5O. The van der Waals surface area contributed by atoms with Crippen molar-refractivity contribution in [2.24, 2.45) is 5.92 Å². The average molecular weight is 370 g/mol. The van der Waals surface area contributed by atoms with E-state index in [0.717, 1.165) is 44.0 Å². The van der Waals surface area contributed by atoms with Crippen LogP contribution in [-0.2, 0) is 13.0 Å². The Kier molecular flexibility index (Phi) is 5.76. The van der Waals surface area contributed by atoms with Crippen LogP contribution in [-0.4, -0.2) is 41.1 Å². The Morgan fingerprint density at radius 2 is 2.22 bits per heavy atom. The summed E-state index contributed by atoms with van der Waals surface area (Å²) in [6.45, 7) is 5.36. The van der Waals surface area contributed by atoms with E-state index in [0.29, 0.717) is 18.0 Å². The van der Waals surface area contributed by atoms with Gasteiger partial charge in [0.2, 0.25) is 0 Å². The van der Waals surface area contributed by atoms with E-state index in [-0.39, 0.29) is 0 Å². The molecule has 3 N–H and O–H groups in total. The van der Waals surface area contributed by atoms with Crippen molar-refractivity contribution in [2.45, 2.75) is 51.2 Å². The maximum absolute atomic E-state index is 5.41. The van der Waals surface area contributed by atoms with Crippen LogP contribution in [0.5, 0.6) is 5.75 Å². The first kappa shape index (κ1) is 18.5.